The van der Waals surface area contributed by atoms with Gasteiger partial charge in [-0.1, -0.05) is 12.1 Å². The highest BCUT2D eigenvalue weighted by atomic mass is 32.2. The fourth-order valence-corrected chi connectivity index (χ4v) is 3.06. The maximum absolute atomic E-state index is 11.6. The van der Waals surface area contributed by atoms with Crippen molar-refractivity contribution in [2.75, 3.05) is 24.5 Å². The van der Waals surface area contributed by atoms with Gasteiger partial charge in [0.05, 0.1) is 5.69 Å². The van der Waals surface area contributed by atoms with Crippen molar-refractivity contribution >= 4 is 15.7 Å². The second kappa shape index (κ2) is 4.53. The molecule has 1 aliphatic rings. The van der Waals surface area contributed by atoms with Crippen LogP contribution in [-0.2, 0) is 10.0 Å². The molecular weight excluding hydrogens is 250 g/mol. The third-order valence-corrected chi connectivity index (χ3v) is 4.04. The van der Waals surface area contributed by atoms with Gasteiger partial charge in [0.2, 0.25) is 10.0 Å². The molecule has 6 heteroatoms. The van der Waals surface area contributed by atoms with Gasteiger partial charge in [0.15, 0.2) is 0 Å². The lowest BCUT2D eigenvalue weighted by molar-refractivity contribution is 0.352. The van der Waals surface area contributed by atoms with Gasteiger partial charge in [-0.15, -0.1) is 0 Å². The summed E-state index contributed by atoms with van der Waals surface area (Å²) in [7, 11) is -3.68. The molecule has 0 aromatic heterocycles. The maximum atomic E-state index is 11.6. The Bertz CT molecular complexity index is 540. The number of nitrogens with two attached hydrogens (primary N) is 1. The van der Waals surface area contributed by atoms with Crippen molar-refractivity contribution in [2.24, 2.45) is 5.14 Å². The number of hydrogen-bond donors (Lipinski definition) is 2. The van der Waals surface area contributed by atoms with Gasteiger partial charge in [-0.05, 0) is 26.0 Å². The fourth-order valence-electron chi connectivity index (χ4n) is 2.31. The molecule has 18 heavy (non-hydrogen) atoms. The van der Waals surface area contributed by atoms with Crippen molar-refractivity contribution in [1.82, 2.24) is 5.32 Å². The smallest absolute Gasteiger partial charge is 0.240 e. The molecule has 1 aliphatic heterocycles. The van der Waals surface area contributed by atoms with Gasteiger partial charge in [0, 0.05) is 25.2 Å². The summed E-state index contributed by atoms with van der Waals surface area (Å²) >= 11 is 0. The first-order valence-electron chi connectivity index (χ1n) is 5.91. The topological polar surface area (TPSA) is 75.4 Å². The molecule has 0 spiro atoms. The maximum Gasteiger partial charge on any atom is 0.240 e. The molecule has 1 aromatic rings. The van der Waals surface area contributed by atoms with E-state index in [1.165, 1.54) is 0 Å². The van der Waals surface area contributed by atoms with Crippen molar-refractivity contribution < 1.29 is 8.42 Å². The van der Waals surface area contributed by atoms with E-state index in [1.807, 2.05) is 6.07 Å². The number of benzene rings is 1. The molecule has 0 saturated carbocycles. The predicted molar refractivity (Wildman–Crippen MR) is 72.1 cm³/mol. The molecule has 0 radical (unpaired) electrons. The molecule has 0 amide bonds. The van der Waals surface area contributed by atoms with Crippen molar-refractivity contribution in [2.45, 2.75) is 24.3 Å². The molecular formula is C12H19N3O2S. The summed E-state index contributed by atoms with van der Waals surface area (Å²) in [5, 5.41) is 8.66. The average molecular weight is 269 g/mol. The van der Waals surface area contributed by atoms with Crippen LogP contribution >= 0.6 is 0 Å². The number of nitrogens with one attached hydrogen (secondary N) is 1. The monoisotopic (exact) mass is 269 g/mol. The highest BCUT2D eigenvalue weighted by Gasteiger charge is 2.28. The fraction of sp³-hybridized carbons (Fsp3) is 0.500. The first-order chi connectivity index (χ1) is 8.30. The summed E-state index contributed by atoms with van der Waals surface area (Å²) in [6.07, 6.45) is 0. The van der Waals surface area contributed by atoms with Crippen LogP contribution in [-0.4, -0.2) is 33.6 Å². The number of rotatable bonds is 2. The molecule has 0 aliphatic carbocycles. The minimum absolute atomic E-state index is 0.0380. The van der Waals surface area contributed by atoms with Gasteiger partial charge in [-0.2, -0.15) is 0 Å². The summed E-state index contributed by atoms with van der Waals surface area (Å²) in [5.41, 5.74) is 0.651. The Morgan fingerprint density at radius 2 is 2.00 bits per heavy atom. The van der Waals surface area contributed by atoms with Crippen molar-refractivity contribution in [3.63, 3.8) is 0 Å². The van der Waals surface area contributed by atoms with Crippen LogP contribution < -0.4 is 15.4 Å². The van der Waals surface area contributed by atoms with E-state index in [4.69, 9.17) is 5.14 Å². The van der Waals surface area contributed by atoms with Crippen LogP contribution in [0.4, 0.5) is 5.69 Å². The summed E-state index contributed by atoms with van der Waals surface area (Å²) in [6.45, 7) is 6.54. The molecule has 0 atom stereocenters. The first-order valence-corrected chi connectivity index (χ1v) is 7.46. The first kappa shape index (κ1) is 13.3. The molecule has 2 rings (SSSR count). The molecule has 5 nitrogen and oxygen atoms in total. The lowest BCUT2D eigenvalue weighted by atomic mass is 10.0. The zero-order chi connectivity index (χ0) is 13.4. The van der Waals surface area contributed by atoms with Crippen LogP contribution in [0.3, 0.4) is 0 Å². The van der Waals surface area contributed by atoms with Crippen LogP contribution in [0.2, 0.25) is 0 Å². The third-order valence-electron chi connectivity index (χ3n) is 3.08. The Balaban J connectivity index is 2.40. The standard InChI is InChI=1S/C12H19N3O2S/c1-12(2)9-15(8-7-14-12)10-5-3-4-6-11(10)18(13,16)17/h3-6,14H,7-9H2,1-2H3,(H2,13,16,17). The number of para-hydroxylation sites is 1. The SMILES string of the molecule is CC1(C)CN(c2ccccc2S(N)(=O)=O)CCN1. The number of nitrogens with zero attached hydrogens (tertiary/aromatic N) is 1. The molecule has 1 saturated heterocycles. The van der Waals surface area contributed by atoms with Crippen LogP contribution in [0, 0.1) is 0 Å². The van der Waals surface area contributed by atoms with Gasteiger partial charge >= 0.3 is 0 Å². The van der Waals surface area contributed by atoms with Gasteiger partial charge in [0.25, 0.3) is 0 Å². The highest BCUT2D eigenvalue weighted by Crippen LogP contribution is 2.26. The Labute approximate surface area is 108 Å². The van der Waals surface area contributed by atoms with E-state index in [2.05, 4.69) is 24.1 Å². The summed E-state index contributed by atoms with van der Waals surface area (Å²) in [5.74, 6) is 0. The number of hydrogen-bond acceptors (Lipinski definition) is 4. The van der Waals surface area contributed by atoms with Gasteiger partial charge in [-0.3, -0.25) is 0 Å². The van der Waals surface area contributed by atoms with E-state index in [0.717, 1.165) is 19.6 Å². The minimum Gasteiger partial charge on any atom is -0.367 e. The lowest BCUT2D eigenvalue weighted by Gasteiger charge is -2.40. The molecule has 3 N–H and O–H groups in total. The Kier molecular flexibility index (Phi) is 3.35. The Hall–Kier alpha value is -1.11. The van der Waals surface area contributed by atoms with Crippen LogP contribution in [0.15, 0.2) is 29.2 Å². The van der Waals surface area contributed by atoms with Gasteiger partial charge in [0.1, 0.15) is 4.90 Å². The highest BCUT2D eigenvalue weighted by molar-refractivity contribution is 7.89. The van der Waals surface area contributed by atoms with E-state index in [0.29, 0.717) is 5.69 Å². The van der Waals surface area contributed by atoms with Gasteiger partial charge in [-0.25, -0.2) is 13.6 Å². The van der Waals surface area contributed by atoms with E-state index in [-0.39, 0.29) is 10.4 Å². The normalized spacial score (nSPS) is 19.8. The Morgan fingerprint density at radius 1 is 1.33 bits per heavy atom. The van der Waals surface area contributed by atoms with Crippen molar-refractivity contribution in [3.05, 3.63) is 24.3 Å². The van der Waals surface area contributed by atoms with E-state index in [9.17, 15) is 8.42 Å². The lowest BCUT2D eigenvalue weighted by Crippen LogP contribution is -2.57. The summed E-state index contributed by atoms with van der Waals surface area (Å²) < 4.78 is 23.2. The number of anilines is 1. The molecule has 100 valence electrons. The molecule has 1 heterocycles. The third kappa shape index (κ3) is 2.82. The van der Waals surface area contributed by atoms with Crippen molar-refractivity contribution in [3.8, 4) is 0 Å². The van der Waals surface area contributed by atoms with E-state index < -0.39 is 10.0 Å². The van der Waals surface area contributed by atoms with E-state index in [1.54, 1.807) is 18.2 Å². The number of sulfonamides is 1. The Morgan fingerprint density at radius 3 is 2.61 bits per heavy atom. The largest absolute Gasteiger partial charge is 0.367 e. The van der Waals surface area contributed by atoms with Crippen LogP contribution in [0.1, 0.15) is 13.8 Å². The van der Waals surface area contributed by atoms with Crippen molar-refractivity contribution in [1.29, 1.82) is 0 Å². The minimum atomic E-state index is -3.68. The predicted octanol–water partition coefficient (Wildman–Crippen LogP) is 0.522. The quantitative estimate of drug-likeness (QED) is 0.821. The molecule has 1 aromatic carbocycles. The zero-order valence-corrected chi connectivity index (χ0v) is 11.5. The van der Waals surface area contributed by atoms with E-state index >= 15 is 0 Å². The van der Waals surface area contributed by atoms with Crippen LogP contribution in [0.5, 0.6) is 0 Å². The molecule has 0 bridgehead atoms. The second-order valence-corrected chi connectivity index (χ2v) is 6.77. The molecule has 1 fully saturated rings. The molecule has 0 unspecified atom stereocenters. The average Bonchev–Trinajstić information content (AvgIpc) is 2.26. The second-order valence-electron chi connectivity index (χ2n) is 5.24. The van der Waals surface area contributed by atoms with Crippen LogP contribution in [0.25, 0.3) is 0 Å². The summed E-state index contributed by atoms with van der Waals surface area (Å²) in [4.78, 5) is 2.26. The number of piperazine rings is 1. The number of primary sulfonamides is 1. The summed E-state index contributed by atoms with van der Waals surface area (Å²) in [6, 6.07) is 6.89. The van der Waals surface area contributed by atoms with Gasteiger partial charge < -0.3 is 10.2 Å². The zero-order valence-electron chi connectivity index (χ0n) is 10.7.